The fourth-order valence-electron chi connectivity index (χ4n) is 4.21. The number of nitriles is 1. The third-order valence-corrected chi connectivity index (χ3v) is 5.43. The summed E-state index contributed by atoms with van der Waals surface area (Å²) in [6.07, 6.45) is 4.80. The van der Waals surface area contributed by atoms with E-state index in [-0.39, 0.29) is 5.82 Å². The average molecular weight is 313 g/mol. The Hall–Kier alpha value is -2.09. The highest BCUT2D eigenvalue weighted by Gasteiger charge is 2.45. The van der Waals surface area contributed by atoms with Crippen LogP contribution in [-0.4, -0.2) is 36.0 Å². The third kappa shape index (κ3) is 2.56. The predicted molar refractivity (Wildman–Crippen MR) is 84.3 cm³/mol. The maximum Gasteiger partial charge on any atom is 0.223 e. The van der Waals surface area contributed by atoms with Gasteiger partial charge in [0.25, 0.3) is 0 Å². The number of amides is 1. The van der Waals surface area contributed by atoms with Gasteiger partial charge in [-0.2, -0.15) is 5.26 Å². The third-order valence-electron chi connectivity index (χ3n) is 5.43. The zero-order chi connectivity index (χ0) is 16.0. The normalized spacial score (nSPS) is 27.6. The van der Waals surface area contributed by atoms with Crippen molar-refractivity contribution in [3.8, 4) is 6.07 Å². The SMILES string of the molecule is N#Cc1cc(F)ccc1N1CCC2C(CCC(=O)N2C2CC2)C1. The molecule has 0 radical (unpaired) electrons. The molecule has 1 aromatic carbocycles. The van der Waals surface area contributed by atoms with Gasteiger partial charge in [-0.1, -0.05) is 0 Å². The second-order valence-electron chi connectivity index (χ2n) is 6.91. The highest BCUT2D eigenvalue weighted by atomic mass is 19.1. The van der Waals surface area contributed by atoms with Crippen molar-refractivity contribution in [1.82, 2.24) is 4.90 Å². The molecule has 3 aliphatic rings. The van der Waals surface area contributed by atoms with Crippen LogP contribution in [0.15, 0.2) is 18.2 Å². The fourth-order valence-corrected chi connectivity index (χ4v) is 4.21. The Bertz CT molecular complexity index is 679. The molecule has 120 valence electrons. The Labute approximate surface area is 135 Å². The van der Waals surface area contributed by atoms with Crippen molar-refractivity contribution in [3.63, 3.8) is 0 Å². The molecule has 2 atom stereocenters. The van der Waals surface area contributed by atoms with Crippen molar-refractivity contribution in [3.05, 3.63) is 29.6 Å². The van der Waals surface area contributed by atoms with Gasteiger partial charge in [0.2, 0.25) is 5.91 Å². The number of hydrogen-bond donors (Lipinski definition) is 0. The molecular weight excluding hydrogens is 293 g/mol. The van der Waals surface area contributed by atoms with Crippen molar-refractivity contribution in [2.75, 3.05) is 18.0 Å². The van der Waals surface area contributed by atoms with Gasteiger partial charge < -0.3 is 9.80 Å². The zero-order valence-corrected chi connectivity index (χ0v) is 13.0. The number of likely N-dealkylation sites (tertiary alicyclic amines) is 1. The quantitative estimate of drug-likeness (QED) is 0.843. The number of benzene rings is 1. The van der Waals surface area contributed by atoms with Gasteiger partial charge in [-0.3, -0.25) is 4.79 Å². The summed E-state index contributed by atoms with van der Waals surface area (Å²) >= 11 is 0. The number of hydrogen-bond acceptors (Lipinski definition) is 3. The molecule has 4 rings (SSSR count). The molecule has 2 unspecified atom stereocenters. The van der Waals surface area contributed by atoms with E-state index in [0.717, 1.165) is 44.5 Å². The molecular formula is C18H20FN3O. The first kappa shape index (κ1) is 14.5. The lowest BCUT2D eigenvalue weighted by Gasteiger charge is -2.48. The van der Waals surface area contributed by atoms with Crippen molar-refractivity contribution >= 4 is 11.6 Å². The molecule has 5 heteroatoms. The summed E-state index contributed by atoms with van der Waals surface area (Å²) in [6, 6.07) is 7.37. The van der Waals surface area contributed by atoms with Crippen LogP contribution in [0.5, 0.6) is 0 Å². The van der Waals surface area contributed by atoms with Crippen LogP contribution in [0.1, 0.15) is 37.7 Å². The van der Waals surface area contributed by atoms with Crippen LogP contribution >= 0.6 is 0 Å². The van der Waals surface area contributed by atoms with E-state index in [9.17, 15) is 14.4 Å². The molecule has 1 aromatic rings. The molecule has 2 aliphatic heterocycles. The molecule has 0 aromatic heterocycles. The molecule has 3 fully saturated rings. The smallest absolute Gasteiger partial charge is 0.223 e. The number of rotatable bonds is 2. The van der Waals surface area contributed by atoms with E-state index >= 15 is 0 Å². The first-order chi connectivity index (χ1) is 11.2. The van der Waals surface area contributed by atoms with Crippen LogP contribution in [0.25, 0.3) is 0 Å². The highest BCUT2D eigenvalue weighted by Crippen LogP contribution is 2.40. The summed E-state index contributed by atoms with van der Waals surface area (Å²) in [4.78, 5) is 16.6. The van der Waals surface area contributed by atoms with Crippen LogP contribution in [0.4, 0.5) is 10.1 Å². The lowest BCUT2D eigenvalue weighted by molar-refractivity contribution is -0.140. The van der Waals surface area contributed by atoms with E-state index in [1.807, 2.05) is 0 Å². The maximum absolute atomic E-state index is 13.3. The van der Waals surface area contributed by atoms with Crippen LogP contribution in [0.3, 0.4) is 0 Å². The molecule has 0 spiro atoms. The van der Waals surface area contributed by atoms with Gasteiger partial charge in [0.1, 0.15) is 11.9 Å². The lowest BCUT2D eigenvalue weighted by Crippen LogP contribution is -2.56. The van der Waals surface area contributed by atoms with Gasteiger partial charge in [0.15, 0.2) is 0 Å². The number of fused-ring (bicyclic) bond motifs is 1. The Morgan fingerprint density at radius 3 is 2.78 bits per heavy atom. The highest BCUT2D eigenvalue weighted by molar-refractivity contribution is 5.78. The standard InChI is InChI=1S/C18H20FN3O/c19-14-2-5-16(13(9-14)10-20)21-8-7-17-12(11-21)1-6-18(23)22(17)15-3-4-15/h2,5,9,12,15,17H,1,3-4,6-8,11H2. The molecule has 2 heterocycles. The van der Waals surface area contributed by atoms with E-state index in [4.69, 9.17) is 0 Å². The second kappa shape index (κ2) is 5.52. The van der Waals surface area contributed by atoms with Crippen LogP contribution in [-0.2, 0) is 4.79 Å². The van der Waals surface area contributed by atoms with E-state index < -0.39 is 0 Å². The molecule has 1 saturated carbocycles. The number of halogens is 1. The zero-order valence-electron chi connectivity index (χ0n) is 13.0. The van der Waals surface area contributed by atoms with Gasteiger partial charge in [-0.25, -0.2) is 4.39 Å². The van der Waals surface area contributed by atoms with E-state index in [1.165, 1.54) is 12.1 Å². The molecule has 4 nitrogen and oxygen atoms in total. The summed E-state index contributed by atoms with van der Waals surface area (Å²) in [5, 5.41) is 9.27. The van der Waals surface area contributed by atoms with Gasteiger partial charge >= 0.3 is 0 Å². The minimum atomic E-state index is -0.372. The summed E-state index contributed by atoms with van der Waals surface area (Å²) in [7, 11) is 0. The number of carbonyl (C=O) groups is 1. The summed E-state index contributed by atoms with van der Waals surface area (Å²) in [5.74, 6) is 0.406. The van der Waals surface area contributed by atoms with Crippen LogP contribution < -0.4 is 4.90 Å². The minimum Gasteiger partial charge on any atom is -0.370 e. The largest absolute Gasteiger partial charge is 0.370 e. The van der Waals surface area contributed by atoms with E-state index in [1.54, 1.807) is 6.07 Å². The van der Waals surface area contributed by atoms with E-state index in [2.05, 4.69) is 15.9 Å². The monoisotopic (exact) mass is 313 g/mol. The molecule has 1 amide bonds. The molecule has 2 saturated heterocycles. The van der Waals surface area contributed by atoms with Gasteiger partial charge in [0, 0.05) is 31.6 Å². The predicted octanol–water partition coefficient (Wildman–Crippen LogP) is 2.68. The lowest BCUT2D eigenvalue weighted by atomic mass is 9.83. The summed E-state index contributed by atoms with van der Waals surface area (Å²) in [6.45, 7) is 1.67. The minimum absolute atomic E-state index is 0.321. The first-order valence-corrected chi connectivity index (χ1v) is 8.43. The van der Waals surface area contributed by atoms with Gasteiger partial charge in [-0.05, 0) is 49.8 Å². The van der Waals surface area contributed by atoms with Crippen LogP contribution in [0.2, 0.25) is 0 Å². The van der Waals surface area contributed by atoms with Crippen molar-refractivity contribution < 1.29 is 9.18 Å². The van der Waals surface area contributed by atoms with Crippen molar-refractivity contribution in [1.29, 1.82) is 5.26 Å². The van der Waals surface area contributed by atoms with Crippen molar-refractivity contribution in [2.45, 2.75) is 44.2 Å². The van der Waals surface area contributed by atoms with Gasteiger partial charge in [0.05, 0.1) is 11.3 Å². The summed E-state index contributed by atoms with van der Waals surface area (Å²) in [5.41, 5.74) is 1.22. The Balaban J connectivity index is 1.55. The molecule has 1 aliphatic carbocycles. The number of anilines is 1. The average Bonchev–Trinajstić information content (AvgIpc) is 3.39. The molecule has 0 N–H and O–H groups in total. The van der Waals surface area contributed by atoms with Crippen LogP contribution in [0, 0.1) is 23.1 Å². The number of piperidine rings is 2. The first-order valence-electron chi connectivity index (χ1n) is 8.43. The molecule has 0 bridgehead atoms. The van der Waals surface area contributed by atoms with Gasteiger partial charge in [-0.15, -0.1) is 0 Å². The maximum atomic E-state index is 13.3. The molecule has 23 heavy (non-hydrogen) atoms. The Kier molecular flexibility index (Phi) is 3.48. The number of nitrogens with zero attached hydrogens (tertiary/aromatic N) is 3. The summed E-state index contributed by atoms with van der Waals surface area (Å²) < 4.78 is 13.3. The Morgan fingerprint density at radius 2 is 2.04 bits per heavy atom. The van der Waals surface area contributed by atoms with Crippen molar-refractivity contribution in [2.24, 2.45) is 5.92 Å². The topological polar surface area (TPSA) is 47.3 Å². The number of carbonyl (C=O) groups excluding carboxylic acids is 1. The fraction of sp³-hybridized carbons (Fsp3) is 0.556. The van der Waals surface area contributed by atoms with E-state index in [0.29, 0.717) is 35.9 Å². The second-order valence-corrected chi connectivity index (χ2v) is 6.91. The Morgan fingerprint density at radius 1 is 1.22 bits per heavy atom.